The summed E-state index contributed by atoms with van der Waals surface area (Å²) in [6.07, 6.45) is 4.32. The van der Waals surface area contributed by atoms with Gasteiger partial charge in [0.15, 0.2) is 0 Å². The molecule has 6 nitrogen and oxygen atoms in total. The summed E-state index contributed by atoms with van der Waals surface area (Å²) in [7, 11) is 0. The van der Waals surface area contributed by atoms with Gasteiger partial charge in [-0.25, -0.2) is 0 Å². The number of hydrogen-bond acceptors (Lipinski definition) is 5. The van der Waals surface area contributed by atoms with E-state index in [1.165, 1.54) is 19.8 Å². The third-order valence-corrected chi connectivity index (χ3v) is 7.89. The van der Waals surface area contributed by atoms with Gasteiger partial charge in [-0.1, -0.05) is 30.3 Å². The first kappa shape index (κ1) is 23.1. The van der Waals surface area contributed by atoms with Gasteiger partial charge in [0.05, 0.1) is 6.10 Å². The number of carbonyl (C=O) groups excluding carboxylic acids is 2. The Hall–Kier alpha value is -2.70. The van der Waals surface area contributed by atoms with Gasteiger partial charge in [-0.2, -0.15) is 0 Å². The Morgan fingerprint density at radius 1 is 1.15 bits per heavy atom. The number of aliphatic hydroxyl groups excluding tert-OH is 1. The Morgan fingerprint density at radius 3 is 2.68 bits per heavy atom. The van der Waals surface area contributed by atoms with E-state index in [9.17, 15) is 14.7 Å². The SMILES string of the molecule is CC(=O)Oc1cccc(C23CCN(CC4CC4)CC2C(O)C[C@H](NC(=O)c2ccccc2)C3)c1. The number of rotatable bonds is 6. The molecular formula is C28H34N2O4. The largest absolute Gasteiger partial charge is 0.427 e. The number of nitrogens with one attached hydrogen (secondary N) is 1. The monoisotopic (exact) mass is 462 g/mol. The summed E-state index contributed by atoms with van der Waals surface area (Å²) in [6, 6.07) is 16.9. The Morgan fingerprint density at radius 2 is 1.94 bits per heavy atom. The molecule has 4 atom stereocenters. The summed E-state index contributed by atoms with van der Waals surface area (Å²) in [5, 5.41) is 14.6. The molecule has 6 heteroatoms. The highest BCUT2D eigenvalue weighted by atomic mass is 16.5. The first-order chi connectivity index (χ1) is 16.4. The predicted octanol–water partition coefficient (Wildman–Crippen LogP) is 3.53. The molecule has 0 bridgehead atoms. The number of nitrogens with zero attached hydrogens (tertiary/aromatic N) is 1. The number of ether oxygens (including phenoxy) is 1. The number of carbonyl (C=O) groups is 2. The van der Waals surface area contributed by atoms with Crippen LogP contribution in [0.3, 0.4) is 0 Å². The second kappa shape index (κ2) is 9.51. The van der Waals surface area contributed by atoms with Gasteiger partial charge in [0.1, 0.15) is 5.75 Å². The molecule has 3 fully saturated rings. The molecule has 1 aliphatic heterocycles. The molecule has 0 radical (unpaired) electrons. The molecule has 3 unspecified atom stereocenters. The minimum Gasteiger partial charge on any atom is -0.427 e. The maximum atomic E-state index is 12.9. The number of fused-ring (bicyclic) bond motifs is 1. The lowest BCUT2D eigenvalue weighted by Crippen LogP contribution is -2.61. The zero-order chi connectivity index (χ0) is 23.7. The third-order valence-electron chi connectivity index (χ3n) is 7.89. The van der Waals surface area contributed by atoms with Crippen molar-refractivity contribution in [1.82, 2.24) is 10.2 Å². The van der Waals surface area contributed by atoms with E-state index in [0.29, 0.717) is 17.7 Å². The molecule has 0 spiro atoms. The molecule has 34 heavy (non-hydrogen) atoms. The number of likely N-dealkylation sites (tertiary alicyclic amines) is 1. The highest BCUT2D eigenvalue weighted by molar-refractivity contribution is 5.94. The number of amides is 1. The van der Waals surface area contributed by atoms with Gasteiger partial charge in [0.25, 0.3) is 5.91 Å². The van der Waals surface area contributed by atoms with E-state index in [-0.39, 0.29) is 29.3 Å². The van der Waals surface area contributed by atoms with Gasteiger partial charge in [-0.05, 0) is 74.4 Å². The van der Waals surface area contributed by atoms with E-state index < -0.39 is 6.10 Å². The van der Waals surface area contributed by atoms with Gasteiger partial charge in [-0.15, -0.1) is 0 Å². The molecule has 0 aromatic heterocycles. The van der Waals surface area contributed by atoms with Crippen molar-refractivity contribution < 1.29 is 19.4 Å². The third kappa shape index (κ3) is 4.89. The molecule has 1 saturated heterocycles. The molecular weight excluding hydrogens is 428 g/mol. The van der Waals surface area contributed by atoms with Gasteiger partial charge < -0.3 is 20.1 Å². The van der Waals surface area contributed by atoms with Crippen LogP contribution < -0.4 is 10.1 Å². The molecule has 2 aromatic rings. The van der Waals surface area contributed by atoms with Crippen molar-refractivity contribution in [3.05, 3.63) is 65.7 Å². The van der Waals surface area contributed by atoms with Crippen LogP contribution in [-0.2, 0) is 10.2 Å². The van der Waals surface area contributed by atoms with E-state index in [0.717, 1.165) is 44.0 Å². The fourth-order valence-corrected chi connectivity index (χ4v) is 6.12. The fraction of sp³-hybridized carbons (Fsp3) is 0.500. The fourth-order valence-electron chi connectivity index (χ4n) is 6.12. The minimum atomic E-state index is -0.519. The standard InChI is InChI=1S/C28H34N2O4/c1-19(31)34-24-9-5-8-22(14-24)28-12-13-30(17-20-10-11-20)18-25(28)26(32)15-23(16-28)29-27(33)21-6-3-2-4-7-21/h2-9,14,20,23,25-26,32H,10-13,15-18H2,1H3,(H,29,33)/t23-,25?,26?,28?/m0/s1. The lowest BCUT2D eigenvalue weighted by molar-refractivity contribution is -0.131. The zero-order valence-electron chi connectivity index (χ0n) is 19.8. The highest BCUT2D eigenvalue weighted by Gasteiger charge is 2.52. The zero-order valence-corrected chi connectivity index (χ0v) is 19.8. The molecule has 1 amide bonds. The van der Waals surface area contributed by atoms with Crippen LogP contribution in [0, 0.1) is 11.8 Å². The maximum absolute atomic E-state index is 12.9. The van der Waals surface area contributed by atoms with Crippen molar-refractivity contribution in [2.45, 2.75) is 56.6 Å². The van der Waals surface area contributed by atoms with Gasteiger partial charge in [-0.3, -0.25) is 9.59 Å². The summed E-state index contributed by atoms with van der Waals surface area (Å²) >= 11 is 0. The summed E-state index contributed by atoms with van der Waals surface area (Å²) in [6.45, 7) is 4.34. The molecule has 3 aliphatic rings. The van der Waals surface area contributed by atoms with Gasteiger partial charge >= 0.3 is 5.97 Å². The topological polar surface area (TPSA) is 78.9 Å². The van der Waals surface area contributed by atoms with Crippen LogP contribution in [0.2, 0.25) is 0 Å². The molecule has 2 aromatic carbocycles. The van der Waals surface area contributed by atoms with E-state index in [1.54, 1.807) is 6.07 Å². The van der Waals surface area contributed by atoms with Crippen LogP contribution in [0.5, 0.6) is 5.75 Å². The van der Waals surface area contributed by atoms with Crippen molar-refractivity contribution in [2.24, 2.45) is 11.8 Å². The van der Waals surface area contributed by atoms with Crippen molar-refractivity contribution in [3.63, 3.8) is 0 Å². The minimum absolute atomic E-state index is 0.0671. The predicted molar refractivity (Wildman–Crippen MR) is 130 cm³/mol. The van der Waals surface area contributed by atoms with Gasteiger partial charge in [0, 0.05) is 43.0 Å². The second-order valence-electron chi connectivity index (χ2n) is 10.4. The maximum Gasteiger partial charge on any atom is 0.308 e. The molecule has 2 aliphatic carbocycles. The van der Waals surface area contributed by atoms with Crippen LogP contribution >= 0.6 is 0 Å². The second-order valence-corrected chi connectivity index (χ2v) is 10.4. The lowest BCUT2D eigenvalue weighted by atomic mass is 9.57. The quantitative estimate of drug-likeness (QED) is 0.507. The van der Waals surface area contributed by atoms with Crippen molar-refractivity contribution in [2.75, 3.05) is 19.6 Å². The first-order valence-corrected chi connectivity index (χ1v) is 12.5. The number of aliphatic hydroxyl groups is 1. The van der Waals surface area contributed by atoms with Crippen LogP contribution in [0.4, 0.5) is 0 Å². The molecule has 2 saturated carbocycles. The van der Waals surface area contributed by atoms with Crippen LogP contribution in [0.1, 0.15) is 54.9 Å². The summed E-state index contributed by atoms with van der Waals surface area (Å²) in [5.74, 6) is 0.952. The summed E-state index contributed by atoms with van der Waals surface area (Å²) in [4.78, 5) is 27.0. The van der Waals surface area contributed by atoms with Crippen LogP contribution in [0.15, 0.2) is 54.6 Å². The summed E-state index contributed by atoms with van der Waals surface area (Å²) in [5.41, 5.74) is 1.42. The Bertz CT molecular complexity index is 1040. The number of hydrogen-bond donors (Lipinski definition) is 2. The molecule has 1 heterocycles. The molecule has 5 rings (SSSR count). The summed E-state index contributed by atoms with van der Waals surface area (Å²) < 4.78 is 5.40. The number of benzene rings is 2. The average molecular weight is 463 g/mol. The molecule has 2 N–H and O–H groups in total. The van der Waals surface area contributed by atoms with E-state index in [1.807, 2.05) is 42.5 Å². The Kier molecular flexibility index (Phi) is 6.45. The Labute approximate surface area is 201 Å². The van der Waals surface area contributed by atoms with Crippen molar-refractivity contribution in [1.29, 1.82) is 0 Å². The number of piperidine rings is 1. The Balaban J connectivity index is 1.43. The first-order valence-electron chi connectivity index (χ1n) is 12.5. The highest BCUT2D eigenvalue weighted by Crippen LogP contribution is 2.50. The average Bonchev–Trinajstić information content (AvgIpc) is 3.64. The van der Waals surface area contributed by atoms with E-state index >= 15 is 0 Å². The van der Waals surface area contributed by atoms with Crippen LogP contribution in [0.25, 0.3) is 0 Å². The van der Waals surface area contributed by atoms with E-state index in [2.05, 4.69) is 16.3 Å². The van der Waals surface area contributed by atoms with E-state index in [4.69, 9.17) is 4.74 Å². The smallest absolute Gasteiger partial charge is 0.308 e. The lowest BCUT2D eigenvalue weighted by Gasteiger charge is -2.55. The van der Waals surface area contributed by atoms with Gasteiger partial charge in [0.2, 0.25) is 0 Å². The molecule has 180 valence electrons. The number of esters is 1. The van der Waals surface area contributed by atoms with Crippen LogP contribution in [-0.4, -0.2) is 53.7 Å². The van der Waals surface area contributed by atoms with Crippen molar-refractivity contribution >= 4 is 11.9 Å². The van der Waals surface area contributed by atoms with Crippen molar-refractivity contribution in [3.8, 4) is 5.75 Å². The normalized spacial score (nSPS) is 29.2.